The molecule has 1 aliphatic heterocycles. The van der Waals surface area contributed by atoms with Crippen molar-refractivity contribution in [2.24, 2.45) is 0 Å². The number of aromatic nitrogens is 2. The molecule has 2 atom stereocenters. The molecule has 4 heteroatoms. The second-order valence-corrected chi connectivity index (χ2v) is 5.68. The van der Waals surface area contributed by atoms with Crippen molar-refractivity contribution in [1.82, 2.24) is 14.5 Å². The van der Waals surface area contributed by atoms with E-state index in [4.69, 9.17) is 0 Å². The van der Waals surface area contributed by atoms with Gasteiger partial charge in [-0.1, -0.05) is 12.1 Å². The third-order valence-electron chi connectivity index (χ3n) is 4.25. The number of benzene rings is 1. The summed E-state index contributed by atoms with van der Waals surface area (Å²) in [6.07, 6.45) is 8.03. The predicted octanol–water partition coefficient (Wildman–Crippen LogP) is 2.77. The highest BCUT2D eigenvalue weighted by Gasteiger charge is 2.23. The van der Waals surface area contributed by atoms with E-state index in [-0.39, 0.29) is 0 Å². The van der Waals surface area contributed by atoms with Gasteiger partial charge in [0.2, 0.25) is 0 Å². The van der Waals surface area contributed by atoms with E-state index in [1.807, 2.05) is 18.7 Å². The summed E-state index contributed by atoms with van der Waals surface area (Å²) in [7, 11) is 2.21. The van der Waals surface area contributed by atoms with Gasteiger partial charge < -0.3 is 14.8 Å². The first kappa shape index (κ1) is 13.2. The van der Waals surface area contributed by atoms with Gasteiger partial charge in [0.05, 0.1) is 17.7 Å². The monoisotopic (exact) mass is 270 g/mol. The zero-order valence-electron chi connectivity index (χ0n) is 12.2. The SMILES string of the molecule is CC1CC(Nc2ccccc2-n2ccnc2)CCN1C. The average Bonchev–Trinajstić information content (AvgIpc) is 2.97. The molecule has 0 spiro atoms. The third kappa shape index (κ3) is 2.70. The summed E-state index contributed by atoms with van der Waals surface area (Å²) < 4.78 is 2.06. The van der Waals surface area contributed by atoms with E-state index in [1.165, 1.54) is 18.5 Å². The van der Waals surface area contributed by atoms with E-state index in [2.05, 4.69) is 58.0 Å². The van der Waals surface area contributed by atoms with Crippen LogP contribution < -0.4 is 5.32 Å². The van der Waals surface area contributed by atoms with Crippen LogP contribution in [0.3, 0.4) is 0 Å². The molecule has 4 nitrogen and oxygen atoms in total. The molecule has 0 saturated carbocycles. The van der Waals surface area contributed by atoms with Crippen LogP contribution in [0.5, 0.6) is 0 Å². The summed E-state index contributed by atoms with van der Waals surface area (Å²) in [6.45, 7) is 3.46. The summed E-state index contributed by atoms with van der Waals surface area (Å²) in [5.41, 5.74) is 2.35. The molecule has 0 aliphatic carbocycles. The largest absolute Gasteiger partial charge is 0.381 e. The fraction of sp³-hybridized carbons (Fsp3) is 0.438. The van der Waals surface area contributed by atoms with Crippen molar-refractivity contribution in [3.8, 4) is 5.69 Å². The number of para-hydroxylation sites is 2. The van der Waals surface area contributed by atoms with Crippen LogP contribution in [0.1, 0.15) is 19.8 Å². The lowest BCUT2D eigenvalue weighted by Gasteiger charge is -2.36. The first-order valence-electron chi connectivity index (χ1n) is 7.28. The van der Waals surface area contributed by atoms with Crippen molar-refractivity contribution < 1.29 is 0 Å². The minimum atomic E-state index is 0.547. The van der Waals surface area contributed by atoms with Gasteiger partial charge in [-0.3, -0.25) is 0 Å². The molecule has 2 unspecified atom stereocenters. The fourth-order valence-electron chi connectivity index (χ4n) is 2.86. The van der Waals surface area contributed by atoms with Crippen molar-refractivity contribution in [2.75, 3.05) is 18.9 Å². The van der Waals surface area contributed by atoms with Gasteiger partial charge in [0.25, 0.3) is 0 Å². The van der Waals surface area contributed by atoms with Crippen molar-refractivity contribution in [2.45, 2.75) is 31.8 Å². The number of nitrogens with zero attached hydrogens (tertiary/aromatic N) is 3. The third-order valence-corrected chi connectivity index (χ3v) is 4.25. The zero-order chi connectivity index (χ0) is 13.9. The maximum absolute atomic E-state index is 4.14. The van der Waals surface area contributed by atoms with Crippen molar-refractivity contribution >= 4 is 5.69 Å². The topological polar surface area (TPSA) is 33.1 Å². The highest BCUT2D eigenvalue weighted by atomic mass is 15.1. The minimum absolute atomic E-state index is 0.547. The Morgan fingerprint density at radius 2 is 2.15 bits per heavy atom. The Kier molecular flexibility index (Phi) is 3.74. The summed E-state index contributed by atoms with van der Waals surface area (Å²) in [6, 6.07) is 9.62. The van der Waals surface area contributed by atoms with E-state index in [9.17, 15) is 0 Å². The maximum Gasteiger partial charge on any atom is 0.0992 e. The second-order valence-electron chi connectivity index (χ2n) is 5.68. The number of hydrogen-bond donors (Lipinski definition) is 1. The van der Waals surface area contributed by atoms with E-state index in [1.54, 1.807) is 0 Å². The molecule has 2 aromatic rings. The molecular weight excluding hydrogens is 248 g/mol. The van der Waals surface area contributed by atoms with Crippen LogP contribution >= 0.6 is 0 Å². The zero-order valence-corrected chi connectivity index (χ0v) is 12.2. The Morgan fingerprint density at radius 3 is 2.90 bits per heavy atom. The number of rotatable bonds is 3. The van der Waals surface area contributed by atoms with E-state index in [0.717, 1.165) is 12.2 Å². The first-order chi connectivity index (χ1) is 9.74. The number of nitrogens with one attached hydrogen (secondary N) is 1. The Bertz CT molecular complexity index is 549. The summed E-state index contributed by atoms with van der Waals surface area (Å²) in [4.78, 5) is 6.57. The Labute approximate surface area is 120 Å². The standard InChI is InChI=1S/C16H22N4/c1-13-11-14(7-9-19(13)2)18-15-5-3-4-6-16(15)20-10-8-17-12-20/h3-6,8,10,12-14,18H,7,9,11H2,1-2H3. The number of piperidine rings is 1. The van der Waals surface area contributed by atoms with Crippen LogP contribution in [-0.2, 0) is 0 Å². The molecule has 1 aromatic carbocycles. The summed E-state index contributed by atoms with van der Waals surface area (Å²) in [5.74, 6) is 0. The lowest BCUT2D eigenvalue weighted by atomic mass is 9.98. The summed E-state index contributed by atoms with van der Waals surface area (Å²) in [5, 5.41) is 3.71. The van der Waals surface area contributed by atoms with E-state index < -0.39 is 0 Å². The van der Waals surface area contributed by atoms with Gasteiger partial charge in [-0.05, 0) is 38.9 Å². The van der Waals surface area contributed by atoms with Gasteiger partial charge in [-0.25, -0.2) is 4.98 Å². The van der Waals surface area contributed by atoms with Crippen LogP contribution in [-0.4, -0.2) is 40.1 Å². The number of anilines is 1. The molecule has 3 rings (SSSR count). The highest BCUT2D eigenvalue weighted by molar-refractivity contribution is 5.61. The molecule has 0 amide bonds. The highest BCUT2D eigenvalue weighted by Crippen LogP contribution is 2.24. The molecule has 1 N–H and O–H groups in total. The molecular formula is C16H22N4. The van der Waals surface area contributed by atoms with Crippen LogP contribution in [0, 0.1) is 0 Å². The normalized spacial score (nSPS) is 23.7. The van der Waals surface area contributed by atoms with E-state index in [0.29, 0.717) is 12.1 Å². The second kappa shape index (κ2) is 5.67. The number of likely N-dealkylation sites (tertiary alicyclic amines) is 1. The van der Waals surface area contributed by atoms with Crippen LogP contribution in [0.15, 0.2) is 43.0 Å². The molecule has 20 heavy (non-hydrogen) atoms. The molecule has 1 aromatic heterocycles. The van der Waals surface area contributed by atoms with Crippen LogP contribution in [0.25, 0.3) is 5.69 Å². The smallest absolute Gasteiger partial charge is 0.0992 e. The average molecular weight is 270 g/mol. The maximum atomic E-state index is 4.14. The van der Waals surface area contributed by atoms with Gasteiger partial charge >= 0.3 is 0 Å². The molecule has 106 valence electrons. The Morgan fingerprint density at radius 1 is 1.30 bits per heavy atom. The molecule has 1 aliphatic rings. The molecule has 1 saturated heterocycles. The number of hydrogen-bond acceptors (Lipinski definition) is 3. The number of imidazole rings is 1. The van der Waals surface area contributed by atoms with E-state index >= 15 is 0 Å². The van der Waals surface area contributed by atoms with Crippen molar-refractivity contribution in [1.29, 1.82) is 0 Å². The molecule has 2 heterocycles. The summed E-state index contributed by atoms with van der Waals surface area (Å²) >= 11 is 0. The van der Waals surface area contributed by atoms with Gasteiger partial charge in [0, 0.05) is 31.0 Å². The molecule has 0 bridgehead atoms. The van der Waals surface area contributed by atoms with Gasteiger partial charge in [0.15, 0.2) is 0 Å². The molecule has 1 fully saturated rings. The lowest BCUT2D eigenvalue weighted by Crippen LogP contribution is -2.42. The minimum Gasteiger partial charge on any atom is -0.381 e. The Balaban J connectivity index is 1.78. The first-order valence-corrected chi connectivity index (χ1v) is 7.28. The van der Waals surface area contributed by atoms with Crippen LogP contribution in [0.2, 0.25) is 0 Å². The quantitative estimate of drug-likeness (QED) is 0.931. The van der Waals surface area contributed by atoms with Gasteiger partial charge in [-0.2, -0.15) is 0 Å². The van der Waals surface area contributed by atoms with Crippen LogP contribution in [0.4, 0.5) is 5.69 Å². The van der Waals surface area contributed by atoms with Crippen molar-refractivity contribution in [3.63, 3.8) is 0 Å². The molecule has 0 radical (unpaired) electrons. The van der Waals surface area contributed by atoms with Gasteiger partial charge in [0.1, 0.15) is 0 Å². The lowest BCUT2D eigenvalue weighted by molar-refractivity contribution is 0.190. The van der Waals surface area contributed by atoms with Gasteiger partial charge in [-0.15, -0.1) is 0 Å². The van der Waals surface area contributed by atoms with Crippen molar-refractivity contribution in [3.05, 3.63) is 43.0 Å². The Hall–Kier alpha value is -1.81. The predicted molar refractivity (Wildman–Crippen MR) is 82.3 cm³/mol. The fourth-order valence-corrected chi connectivity index (χ4v) is 2.86.